The Morgan fingerprint density at radius 2 is 1.59 bits per heavy atom. The van der Waals surface area contributed by atoms with Crippen molar-refractivity contribution in [1.29, 1.82) is 0 Å². The topological polar surface area (TPSA) is 116 Å². The number of aliphatic carboxylic acids is 1. The summed E-state index contributed by atoms with van der Waals surface area (Å²) >= 11 is 0. The first kappa shape index (κ1) is 31.9. The van der Waals surface area contributed by atoms with Crippen molar-refractivity contribution in [1.82, 2.24) is 9.88 Å². The number of nitrogens with one attached hydrogen (secondary N) is 1. The SMILES string of the molecule is [C-]#[N+]c1ccc(CNC(=O)c2c(-c3ccccc3)c(-c3ccc(F)cc3)c(C=C[C@@H](O)C[C@@H](O)CC(=O)O)n2C(C)C)cc1. The lowest BCUT2D eigenvalue weighted by atomic mass is 9.94. The van der Waals surface area contributed by atoms with Crippen molar-refractivity contribution < 1.29 is 29.3 Å². The Labute approximate surface area is 255 Å². The molecule has 44 heavy (non-hydrogen) atoms. The van der Waals surface area contributed by atoms with Crippen LogP contribution in [-0.2, 0) is 11.3 Å². The molecule has 0 aliphatic carbocycles. The van der Waals surface area contributed by atoms with Gasteiger partial charge in [-0.3, -0.25) is 9.59 Å². The molecule has 1 aromatic heterocycles. The van der Waals surface area contributed by atoms with Gasteiger partial charge < -0.3 is 25.2 Å². The van der Waals surface area contributed by atoms with Crippen LogP contribution in [0.15, 0.2) is 84.9 Å². The molecule has 0 saturated heterocycles. The lowest BCUT2D eigenvalue weighted by molar-refractivity contribution is -0.139. The van der Waals surface area contributed by atoms with Crippen molar-refractivity contribution in [2.45, 2.75) is 51.5 Å². The van der Waals surface area contributed by atoms with Crippen molar-refractivity contribution in [3.63, 3.8) is 0 Å². The summed E-state index contributed by atoms with van der Waals surface area (Å²) < 4.78 is 15.9. The molecule has 0 bridgehead atoms. The molecule has 2 atom stereocenters. The molecular formula is C35H34FN3O5. The number of nitrogens with zero attached hydrogens (tertiary/aromatic N) is 2. The van der Waals surface area contributed by atoms with Gasteiger partial charge >= 0.3 is 5.97 Å². The number of carbonyl (C=O) groups is 2. The van der Waals surface area contributed by atoms with Crippen molar-refractivity contribution in [2.75, 3.05) is 0 Å². The maximum atomic E-state index is 14.1. The molecule has 0 unspecified atom stereocenters. The van der Waals surface area contributed by atoms with Gasteiger partial charge in [-0.2, -0.15) is 0 Å². The van der Waals surface area contributed by atoms with Crippen LogP contribution in [-0.4, -0.2) is 44.0 Å². The number of hydrogen-bond acceptors (Lipinski definition) is 4. The van der Waals surface area contributed by atoms with E-state index in [2.05, 4.69) is 10.2 Å². The number of carboxylic acid groups (broad SMARTS) is 1. The number of rotatable bonds is 12. The van der Waals surface area contributed by atoms with Crippen LogP contribution in [0, 0.1) is 12.4 Å². The normalized spacial score (nSPS) is 12.7. The fraction of sp³-hybridized carbons (Fsp3) is 0.229. The molecule has 0 aliphatic rings. The number of carbonyl (C=O) groups excluding carboxylic acids is 1. The number of carboxylic acids is 1. The standard InChI is InChI=1S/C35H34FN3O5/c1-22(2)39-30(18-17-28(40)19-29(41)20-31(42)43)32(25-11-13-26(36)14-12-25)33(24-7-5-4-6-8-24)34(39)35(44)38-21-23-9-15-27(37-3)16-10-23/h4-18,22,28-29,40-41H,19-21H2,1-2H3,(H,38,44)(H,42,43)/t28-,29-/m1/s1. The van der Waals surface area contributed by atoms with Gasteiger partial charge in [0.05, 0.1) is 25.2 Å². The van der Waals surface area contributed by atoms with E-state index in [0.717, 1.165) is 11.1 Å². The van der Waals surface area contributed by atoms with Crippen LogP contribution >= 0.6 is 0 Å². The minimum Gasteiger partial charge on any atom is -0.481 e. The third kappa shape index (κ3) is 7.67. The zero-order valence-corrected chi connectivity index (χ0v) is 24.4. The van der Waals surface area contributed by atoms with Gasteiger partial charge in [0.15, 0.2) is 5.69 Å². The van der Waals surface area contributed by atoms with Crippen LogP contribution in [0.1, 0.15) is 54.5 Å². The van der Waals surface area contributed by atoms with Crippen LogP contribution < -0.4 is 5.32 Å². The summed E-state index contributed by atoms with van der Waals surface area (Å²) in [5.74, 6) is -1.95. The second-order valence-corrected chi connectivity index (χ2v) is 10.7. The van der Waals surface area contributed by atoms with E-state index in [1.165, 1.54) is 18.2 Å². The highest BCUT2D eigenvalue weighted by molar-refractivity contribution is 6.06. The Kier molecular flexibility index (Phi) is 10.5. The summed E-state index contributed by atoms with van der Waals surface area (Å²) in [4.78, 5) is 28.5. The van der Waals surface area contributed by atoms with Crippen LogP contribution in [0.5, 0.6) is 0 Å². The molecule has 4 aromatic rings. The highest BCUT2D eigenvalue weighted by Gasteiger charge is 2.29. The van der Waals surface area contributed by atoms with Crippen LogP contribution in [0.4, 0.5) is 10.1 Å². The molecule has 0 spiro atoms. The number of aliphatic hydroxyl groups is 2. The second-order valence-electron chi connectivity index (χ2n) is 10.7. The van der Waals surface area contributed by atoms with Crippen LogP contribution in [0.2, 0.25) is 0 Å². The summed E-state index contributed by atoms with van der Waals surface area (Å²) in [6, 6.07) is 22.0. The minimum atomic E-state index is -1.24. The highest BCUT2D eigenvalue weighted by atomic mass is 19.1. The Morgan fingerprint density at radius 1 is 0.955 bits per heavy atom. The van der Waals surface area contributed by atoms with Gasteiger partial charge in [0.1, 0.15) is 11.5 Å². The number of hydrogen-bond donors (Lipinski definition) is 4. The molecule has 226 valence electrons. The highest BCUT2D eigenvalue weighted by Crippen LogP contribution is 2.42. The van der Waals surface area contributed by atoms with Gasteiger partial charge in [0.2, 0.25) is 0 Å². The average molecular weight is 596 g/mol. The van der Waals surface area contributed by atoms with Gasteiger partial charge in [-0.05, 0) is 48.7 Å². The number of benzene rings is 3. The van der Waals surface area contributed by atoms with Crippen LogP contribution in [0.25, 0.3) is 33.2 Å². The number of aliphatic hydroxyl groups excluding tert-OH is 2. The Hall–Kier alpha value is -5.04. The lowest BCUT2D eigenvalue weighted by Crippen LogP contribution is -2.27. The zero-order valence-electron chi connectivity index (χ0n) is 24.4. The molecule has 0 radical (unpaired) electrons. The van der Waals surface area contributed by atoms with Crippen LogP contribution in [0.3, 0.4) is 0 Å². The van der Waals surface area contributed by atoms with Crippen molar-refractivity contribution in [3.05, 3.63) is 119 Å². The number of halogens is 1. The molecule has 4 N–H and O–H groups in total. The number of aromatic nitrogens is 1. The molecule has 9 heteroatoms. The molecule has 0 fully saturated rings. The quantitative estimate of drug-likeness (QED) is 0.137. The summed E-state index contributed by atoms with van der Waals surface area (Å²) in [5, 5.41) is 32.7. The van der Waals surface area contributed by atoms with E-state index >= 15 is 0 Å². The fourth-order valence-corrected chi connectivity index (χ4v) is 5.12. The largest absolute Gasteiger partial charge is 0.481 e. The van der Waals surface area contributed by atoms with E-state index in [1.807, 2.05) is 48.7 Å². The van der Waals surface area contributed by atoms with E-state index in [0.29, 0.717) is 33.8 Å². The maximum Gasteiger partial charge on any atom is 0.305 e. The van der Waals surface area contributed by atoms with Crippen molar-refractivity contribution in [3.8, 4) is 22.3 Å². The first-order valence-electron chi connectivity index (χ1n) is 14.2. The molecule has 0 aliphatic heterocycles. The van der Waals surface area contributed by atoms with Gasteiger partial charge in [0.25, 0.3) is 5.91 Å². The first-order valence-corrected chi connectivity index (χ1v) is 14.2. The van der Waals surface area contributed by atoms with E-state index in [-0.39, 0.29) is 24.9 Å². The molecule has 1 heterocycles. The Bertz CT molecular complexity index is 1670. The smallest absolute Gasteiger partial charge is 0.305 e. The van der Waals surface area contributed by atoms with E-state index in [1.54, 1.807) is 42.5 Å². The van der Waals surface area contributed by atoms with E-state index in [4.69, 9.17) is 11.7 Å². The van der Waals surface area contributed by atoms with Gasteiger partial charge in [-0.25, -0.2) is 9.24 Å². The predicted octanol–water partition coefficient (Wildman–Crippen LogP) is 6.62. The van der Waals surface area contributed by atoms with Crippen molar-refractivity contribution in [2.24, 2.45) is 0 Å². The van der Waals surface area contributed by atoms with Gasteiger partial charge in [-0.15, -0.1) is 0 Å². The Balaban J connectivity index is 1.89. The fourth-order valence-electron chi connectivity index (χ4n) is 5.12. The summed E-state index contributed by atoms with van der Waals surface area (Å²) in [5.41, 5.74) is 4.91. The second kappa shape index (κ2) is 14.4. The Morgan fingerprint density at radius 3 is 2.18 bits per heavy atom. The zero-order chi connectivity index (χ0) is 31.8. The molecule has 4 rings (SSSR count). The molecule has 8 nitrogen and oxygen atoms in total. The minimum absolute atomic E-state index is 0.192. The molecule has 3 aromatic carbocycles. The van der Waals surface area contributed by atoms with E-state index in [9.17, 15) is 24.2 Å². The average Bonchev–Trinajstić information content (AvgIpc) is 3.35. The molecular weight excluding hydrogens is 561 g/mol. The maximum absolute atomic E-state index is 14.1. The monoisotopic (exact) mass is 595 g/mol. The van der Waals surface area contributed by atoms with Crippen molar-refractivity contribution >= 4 is 23.6 Å². The summed E-state index contributed by atoms with van der Waals surface area (Å²) in [6.45, 7) is 11.2. The third-order valence-corrected chi connectivity index (χ3v) is 7.09. The van der Waals surface area contributed by atoms with E-state index < -0.39 is 30.4 Å². The van der Waals surface area contributed by atoms with Gasteiger partial charge in [-0.1, -0.05) is 72.8 Å². The summed E-state index contributed by atoms with van der Waals surface area (Å²) in [7, 11) is 0. The molecule has 0 saturated carbocycles. The summed E-state index contributed by atoms with van der Waals surface area (Å²) in [6.07, 6.45) is 0.00651. The third-order valence-electron chi connectivity index (χ3n) is 7.09. The number of amides is 1. The molecule has 1 amide bonds. The first-order chi connectivity index (χ1) is 21.1. The predicted molar refractivity (Wildman–Crippen MR) is 167 cm³/mol. The van der Waals surface area contributed by atoms with Gasteiger partial charge in [0, 0.05) is 35.8 Å². The lowest BCUT2D eigenvalue weighted by Gasteiger charge is -2.17.